The smallest absolute Gasteiger partial charge is 0.0634 e. The monoisotopic (exact) mass is 282 g/mol. The predicted octanol–water partition coefficient (Wildman–Crippen LogP) is 3.82. The van der Waals surface area contributed by atoms with E-state index in [1.165, 1.54) is 22.3 Å². The third-order valence-electron chi connectivity index (χ3n) is 3.38. The second-order valence-electron chi connectivity index (χ2n) is 4.28. The molecule has 0 amide bonds. The van der Waals surface area contributed by atoms with Crippen molar-refractivity contribution in [2.45, 2.75) is 37.9 Å². The maximum atomic E-state index is 5.64. The molecule has 1 nitrogen and oxygen atoms in total. The Bertz CT molecular complexity index is 373. The molecule has 1 aromatic carbocycles. The summed E-state index contributed by atoms with van der Waals surface area (Å²) in [6.07, 6.45) is 3.29. The summed E-state index contributed by atoms with van der Waals surface area (Å²) in [6.45, 7) is 6.12. The van der Waals surface area contributed by atoms with E-state index in [0.29, 0.717) is 4.83 Å². The Hall–Kier alpha value is -0.340. The number of fused-ring (bicyclic) bond motifs is 1. The largest absolute Gasteiger partial charge is 0.380 e. The average molecular weight is 283 g/mol. The lowest BCUT2D eigenvalue weighted by molar-refractivity contribution is 0.145. The van der Waals surface area contributed by atoms with Crippen molar-refractivity contribution in [2.24, 2.45) is 0 Å². The van der Waals surface area contributed by atoms with Gasteiger partial charge in [0.1, 0.15) is 0 Å². The van der Waals surface area contributed by atoms with Crippen molar-refractivity contribution >= 4 is 15.9 Å². The van der Waals surface area contributed by atoms with Gasteiger partial charge in [0, 0.05) is 0 Å². The highest BCUT2D eigenvalue weighted by atomic mass is 79.9. The number of aryl methyl sites for hydroxylation is 2. The van der Waals surface area contributed by atoms with E-state index in [9.17, 15) is 0 Å². The number of halogens is 1. The van der Waals surface area contributed by atoms with Crippen LogP contribution in [0, 0.1) is 0 Å². The lowest BCUT2D eigenvalue weighted by atomic mass is 9.90. The Kier molecular flexibility index (Phi) is 4.04. The lowest BCUT2D eigenvalue weighted by Crippen LogP contribution is -2.05. The molecule has 0 radical (unpaired) electrons. The fourth-order valence-electron chi connectivity index (χ4n) is 2.53. The van der Waals surface area contributed by atoms with Crippen LogP contribution in [0.3, 0.4) is 0 Å². The van der Waals surface area contributed by atoms with Crippen molar-refractivity contribution in [3.63, 3.8) is 0 Å². The van der Waals surface area contributed by atoms with Gasteiger partial charge in [-0.1, -0.05) is 41.9 Å². The van der Waals surface area contributed by atoms with Gasteiger partial charge in [-0.25, -0.2) is 0 Å². The van der Waals surface area contributed by atoms with E-state index in [-0.39, 0.29) is 0 Å². The minimum Gasteiger partial charge on any atom is -0.380 e. The molecule has 1 atom stereocenters. The number of hydrogen-bond acceptors (Lipinski definition) is 1. The van der Waals surface area contributed by atoms with Gasteiger partial charge < -0.3 is 4.74 Å². The van der Waals surface area contributed by atoms with E-state index in [1.54, 1.807) is 0 Å². The summed E-state index contributed by atoms with van der Waals surface area (Å²) in [4.78, 5) is 0.367. The summed E-state index contributed by atoms with van der Waals surface area (Å²) in [6, 6.07) is 4.58. The van der Waals surface area contributed by atoms with Gasteiger partial charge in [-0.3, -0.25) is 0 Å². The highest BCUT2D eigenvalue weighted by Crippen LogP contribution is 2.34. The highest BCUT2D eigenvalue weighted by Gasteiger charge is 2.21. The SMILES string of the molecule is CCc1ccc(CC)c2c1CCOCC2Br. The fraction of sp³-hybridized carbons (Fsp3) is 0.571. The minimum absolute atomic E-state index is 0.367. The Morgan fingerprint density at radius 2 is 1.94 bits per heavy atom. The molecule has 16 heavy (non-hydrogen) atoms. The predicted molar refractivity (Wildman–Crippen MR) is 71.4 cm³/mol. The second kappa shape index (κ2) is 5.33. The van der Waals surface area contributed by atoms with E-state index in [2.05, 4.69) is 41.9 Å². The fourth-order valence-corrected chi connectivity index (χ4v) is 3.28. The quantitative estimate of drug-likeness (QED) is 0.750. The standard InChI is InChI=1S/C14H19BrO/c1-3-10-5-6-11(4-2)14-12(10)7-8-16-9-13(14)15/h5-6,13H,3-4,7-9H2,1-2H3. The maximum absolute atomic E-state index is 5.64. The summed E-state index contributed by atoms with van der Waals surface area (Å²) in [5.74, 6) is 0. The number of hydrogen-bond donors (Lipinski definition) is 0. The molecule has 2 heteroatoms. The van der Waals surface area contributed by atoms with Crippen LogP contribution in [-0.4, -0.2) is 13.2 Å². The molecule has 88 valence electrons. The van der Waals surface area contributed by atoms with E-state index in [0.717, 1.165) is 32.5 Å². The minimum atomic E-state index is 0.367. The molecule has 0 fully saturated rings. The second-order valence-corrected chi connectivity index (χ2v) is 5.38. The van der Waals surface area contributed by atoms with Crippen LogP contribution in [0.2, 0.25) is 0 Å². The Morgan fingerprint density at radius 1 is 1.25 bits per heavy atom. The molecule has 1 unspecified atom stereocenters. The molecule has 0 saturated carbocycles. The van der Waals surface area contributed by atoms with Gasteiger partial charge in [0.2, 0.25) is 0 Å². The molecule has 1 heterocycles. The van der Waals surface area contributed by atoms with Crippen LogP contribution >= 0.6 is 15.9 Å². The third-order valence-corrected chi connectivity index (χ3v) is 4.10. The third kappa shape index (κ3) is 2.18. The number of alkyl halides is 1. The van der Waals surface area contributed by atoms with Crippen molar-refractivity contribution in [3.8, 4) is 0 Å². The zero-order valence-corrected chi connectivity index (χ0v) is 11.6. The molecule has 0 aromatic heterocycles. The molecule has 0 bridgehead atoms. The molecule has 0 N–H and O–H groups in total. The van der Waals surface area contributed by atoms with Gasteiger partial charge >= 0.3 is 0 Å². The van der Waals surface area contributed by atoms with Crippen LogP contribution in [0.4, 0.5) is 0 Å². The van der Waals surface area contributed by atoms with Gasteiger partial charge in [0.25, 0.3) is 0 Å². The molecular weight excluding hydrogens is 264 g/mol. The van der Waals surface area contributed by atoms with Gasteiger partial charge in [-0.15, -0.1) is 0 Å². The number of benzene rings is 1. The van der Waals surface area contributed by atoms with Crippen LogP contribution in [0.25, 0.3) is 0 Å². The molecule has 1 aromatic rings. The first-order valence-electron chi connectivity index (χ1n) is 6.13. The van der Waals surface area contributed by atoms with Crippen LogP contribution < -0.4 is 0 Å². The van der Waals surface area contributed by atoms with Crippen LogP contribution in [-0.2, 0) is 24.0 Å². The highest BCUT2D eigenvalue weighted by molar-refractivity contribution is 9.09. The van der Waals surface area contributed by atoms with Gasteiger partial charge in [0.15, 0.2) is 0 Å². The van der Waals surface area contributed by atoms with E-state index in [4.69, 9.17) is 4.74 Å². The van der Waals surface area contributed by atoms with E-state index >= 15 is 0 Å². The summed E-state index contributed by atoms with van der Waals surface area (Å²) in [7, 11) is 0. The van der Waals surface area contributed by atoms with Gasteiger partial charge in [0.05, 0.1) is 18.0 Å². The zero-order valence-electron chi connectivity index (χ0n) is 10.1. The first-order chi connectivity index (χ1) is 7.77. The van der Waals surface area contributed by atoms with Crippen LogP contribution in [0.5, 0.6) is 0 Å². The van der Waals surface area contributed by atoms with Crippen molar-refractivity contribution in [3.05, 3.63) is 34.4 Å². The number of ether oxygens (including phenoxy) is 1. The molecule has 1 aliphatic heterocycles. The maximum Gasteiger partial charge on any atom is 0.0634 e. The van der Waals surface area contributed by atoms with Crippen molar-refractivity contribution < 1.29 is 4.74 Å². The first-order valence-corrected chi connectivity index (χ1v) is 7.04. The Balaban J connectivity index is 2.56. The molecule has 0 spiro atoms. The van der Waals surface area contributed by atoms with Crippen LogP contribution in [0.15, 0.2) is 12.1 Å². The number of rotatable bonds is 2. The summed E-state index contributed by atoms with van der Waals surface area (Å²) in [5, 5.41) is 0. The van der Waals surface area contributed by atoms with Crippen molar-refractivity contribution in [1.82, 2.24) is 0 Å². The molecular formula is C14H19BrO. The Morgan fingerprint density at radius 3 is 2.62 bits per heavy atom. The van der Waals surface area contributed by atoms with Crippen molar-refractivity contribution in [1.29, 1.82) is 0 Å². The first kappa shape index (κ1) is 12.1. The molecule has 1 aliphatic rings. The average Bonchev–Trinajstić information content (AvgIpc) is 2.51. The molecule has 2 rings (SSSR count). The van der Waals surface area contributed by atoms with Crippen molar-refractivity contribution in [2.75, 3.05) is 13.2 Å². The van der Waals surface area contributed by atoms with Gasteiger partial charge in [-0.2, -0.15) is 0 Å². The molecule has 0 saturated heterocycles. The topological polar surface area (TPSA) is 9.23 Å². The summed E-state index contributed by atoms with van der Waals surface area (Å²) in [5.41, 5.74) is 5.99. The van der Waals surface area contributed by atoms with E-state index < -0.39 is 0 Å². The summed E-state index contributed by atoms with van der Waals surface area (Å²) < 4.78 is 5.64. The zero-order chi connectivity index (χ0) is 11.5. The summed E-state index contributed by atoms with van der Waals surface area (Å²) >= 11 is 3.77. The Labute approximate surface area is 106 Å². The van der Waals surface area contributed by atoms with Gasteiger partial charge in [-0.05, 0) is 41.5 Å². The normalized spacial score (nSPS) is 20.3. The molecule has 0 aliphatic carbocycles. The lowest BCUT2D eigenvalue weighted by Gasteiger charge is -2.18. The van der Waals surface area contributed by atoms with Crippen LogP contribution in [0.1, 0.15) is 40.9 Å². The van der Waals surface area contributed by atoms with E-state index in [1.807, 2.05) is 0 Å².